The lowest BCUT2D eigenvalue weighted by molar-refractivity contribution is -0.113. The van der Waals surface area contributed by atoms with Gasteiger partial charge in [-0.15, -0.1) is 0 Å². The Morgan fingerprint density at radius 1 is 1.21 bits per heavy atom. The zero-order chi connectivity index (χ0) is 22.9. The average Bonchev–Trinajstić information content (AvgIpc) is 3.47. The lowest BCUT2D eigenvalue weighted by Gasteiger charge is -2.13. The van der Waals surface area contributed by atoms with Crippen LogP contribution in [0.15, 0.2) is 63.1 Å². The largest absolute Gasteiger partial charge is 0.467 e. The van der Waals surface area contributed by atoms with Gasteiger partial charge in [-0.05, 0) is 36.4 Å². The third kappa shape index (κ3) is 4.39. The number of carbonyl (C=O) groups is 1. The fourth-order valence-corrected chi connectivity index (χ4v) is 4.26. The molecule has 1 aliphatic heterocycles. The first-order valence-electron chi connectivity index (χ1n) is 9.72. The molecular formula is C22H15ClFN3O5S. The minimum absolute atomic E-state index is 0.0113. The number of aromatic nitrogens is 2. The van der Waals surface area contributed by atoms with E-state index in [4.69, 9.17) is 25.5 Å². The first-order chi connectivity index (χ1) is 16.0. The molecule has 0 fully saturated rings. The van der Waals surface area contributed by atoms with Gasteiger partial charge in [-0.1, -0.05) is 23.4 Å². The third-order valence-corrected chi connectivity index (χ3v) is 6.06. The first-order valence-corrected chi connectivity index (χ1v) is 11.1. The molecule has 5 rings (SSSR count). The summed E-state index contributed by atoms with van der Waals surface area (Å²) < 4.78 is 31.6. The molecule has 2 aromatic heterocycles. The van der Waals surface area contributed by atoms with Crippen LogP contribution in [-0.2, 0) is 11.3 Å². The number of rotatable bonds is 6. The smallest absolute Gasteiger partial charge is 0.262 e. The summed E-state index contributed by atoms with van der Waals surface area (Å²) >= 11 is 6.79. The van der Waals surface area contributed by atoms with Crippen LogP contribution < -0.4 is 20.3 Å². The molecule has 1 amide bonds. The highest BCUT2D eigenvalue weighted by Gasteiger charge is 2.20. The number of nitrogens with one attached hydrogen (secondary N) is 1. The van der Waals surface area contributed by atoms with E-state index in [2.05, 4.69) is 10.3 Å². The predicted molar refractivity (Wildman–Crippen MR) is 121 cm³/mol. The summed E-state index contributed by atoms with van der Waals surface area (Å²) in [5.74, 6) is 0.290. The van der Waals surface area contributed by atoms with Crippen LogP contribution in [0.4, 0.5) is 10.1 Å². The minimum Gasteiger partial charge on any atom is -0.467 e. The number of hydrogen-bond acceptors (Lipinski definition) is 7. The Morgan fingerprint density at radius 3 is 2.79 bits per heavy atom. The van der Waals surface area contributed by atoms with Crippen molar-refractivity contribution in [1.29, 1.82) is 0 Å². The second-order valence-corrected chi connectivity index (χ2v) is 8.43. The monoisotopic (exact) mass is 487 g/mol. The van der Waals surface area contributed by atoms with Gasteiger partial charge in [0.15, 0.2) is 16.7 Å². The first kappa shape index (κ1) is 21.4. The maximum absolute atomic E-state index is 14.0. The summed E-state index contributed by atoms with van der Waals surface area (Å²) in [4.78, 5) is 30.3. The average molecular weight is 488 g/mol. The van der Waals surface area contributed by atoms with Gasteiger partial charge in [0, 0.05) is 11.1 Å². The van der Waals surface area contributed by atoms with Gasteiger partial charge in [0.25, 0.3) is 5.56 Å². The lowest BCUT2D eigenvalue weighted by atomic mass is 10.2. The van der Waals surface area contributed by atoms with Crippen LogP contribution in [0.2, 0.25) is 5.02 Å². The van der Waals surface area contributed by atoms with Crippen LogP contribution in [0.5, 0.6) is 11.5 Å². The van der Waals surface area contributed by atoms with E-state index in [9.17, 15) is 14.0 Å². The molecule has 0 bridgehead atoms. The second-order valence-electron chi connectivity index (χ2n) is 7.05. The third-order valence-electron chi connectivity index (χ3n) is 4.85. The summed E-state index contributed by atoms with van der Waals surface area (Å²) in [6.45, 7) is 0.189. The number of benzene rings is 2. The summed E-state index contributed by atoms with van der Waals surface area (Å²) in [6, 6.07) is 10.6. The van der Waals surface area contributed by atoms with E-state index in [1.807, 2.05) is 0 Å². The van der Waals surface area contributed by atoms with Crippen molar-refractivity contribution in [2.24, 2.45) is 0 Å². The Balaban J connectivity index is 1.45. The molecule has 0 atom stereocenters. The van der Waals surface area contributed by atoms with Gasteiger partial charge in [-0.3, -0.25) is 14.2 Å². The molecule has 11 heteroatoms. The number of ether oxygens (including phenoxy) is 2. The fraction of sp³-hybridized carbons (Fsp3) is 0.136. The van der Waals surface area contributed by atoms with Crippen LogP contribution in [0, 0.1) is 5.82 Å². The number of hydrogen-bond donors (Lipinski definition) is 1. The van der Waals surface area contributed by atoms with Crippen molar-refractivity contribution in [3.8, 4) is 11.5 Å². The van der Waals surface area contributed by atoms with Crippen LogP contribution >= 0.6 is 23.4 Å². The van der Waals surface area contributed by atoms with Crippen LogP contribution in [0.3, 0.4) is 0 Å². The van der Waals surface area contributed by atoms with Crippen molar-refractivity contribution < 1.29 is 23.1 Å². The van der Waals surface area contributed by atoms with E-state index >= 15 is 0 Å². The highest BCUT2D eigenvalue weighted by Crippen LogP contribution is 2.35. The van der Waals surface area contributed by atoms with E-state index in [1.165, 1.54) is 23.0 Å². The van der Waals surface area contributed by atoms with Gasteiger partial charge in [-0.25, -0.2) is 9.37 Å². The minimum atomic E-state index is -0.643. The van der Waals surface area contributed by atoms with E-state index in [-0.39, 0.29) is 35.4 Å². The molecular weight excluding hydrogens is 473 g/mol. The number of fused-ring (bicyclic) bond motifs is 2. The molecule has 1 N–H and O–H groups in total. The Kier molecular flexibility index (Phi) is 5.69. The van der Waals surface area contributed by atoms with Gasteiger partial charge in [0.1, 0.15) is 11.6 Å². The number of halogens is 2. The number of anilines is 1. The molecule has 0 unspecified atom stereocenters. The summed E-state index contributed by atoms with van der Waals surface area (Å²) in [5, 5.41) is 3.37. The van der Waals surface area contributed by atoms with Crippen molar-refractivity contribution in [2.75, 3.05) is 17.9 Å². The molecule has 168 valence electrons. The maximum Gasteiger partial charge on any atom is 0.262 e. The number of amides is 1. The predicted octanol–water partition coefficient (Wildman–Crippen LogP) is 4.29. The molecule has 0 radical (unpaired) electrons. The Bertz CT molecular complexity index is 1420. The molecule has 33 heavy (non-hydrogen) atoms. The zero-order valence-electron chi connectivity index (χ0n) is 16.8. The zero-order valence-corrected chi connectivity index (χ0v) is 18.4. The number of carbonyl (C=O) groups excluding carboxylic acids is 1. The standard InChI is InChI=1S/C22H15ClFN3O5S/c23-12-3-4-16(15(24)6-12)25-20(28)10-33-22-26-17-8-19-18(31-11-32-19)7-14(17)21(29)27(22)9-13-2-1-5-30-13/h1-8H,9-11H2,(H,25,28). The Hall–Kier alpha value is -3.50. The Morgan fingerprint density at radius 2 is 2.03 bits per heavy atom. The fourth-order valence-electron chi connectivity index (χ4n) is 3.31. The van der Waals surface area contributed by atoms with E-state index in [1.54, 1.807) is 24.3 Å². The molecule has 0 aliphatic carbocycles. The van der Waals surface area contributed by atoms with Crippen molar-refractivity contribution in [3.63, 3.8) is 0 Å². The van der Waals surface area contributed by atoms with Crippen molar-refractivity contribution in [1.82, 2.24) is 9.55 Å². The SMILES string of the molecule is O=C(CSc1nc2cc3c(cc2c(=O)n1Cc1ccco1)OCO3)Nc1ccc(Cl)cc1F. The number of nitrogens with zero attached hydrogens (tertiary/aromatic N) is 2. The topological polar surface area (TPSA) is 95.6 Å². The normalized spacial score (nSPS) is 12.3. The molecule has 3 heterocycles. The highest BCUT2D eigenvalue weighted by molar-refractivity contribution is 7.99. The molecule has 0 spiro atoms. The Labute approximate surface area is 195 Å². The van der Waals surface area contributed by atoms with Gasteiger partial charge in [-0.2, -0.15) is 0 Å². The molecule has 2 aromatic carbocycles. The summed E-state index contributed by atoms with van der Waals surface area (Å²) in [7, 11) is 0. The quantitative estimate of drug-likeness (QED) is 0.320. The lowest BCUT2D eigenvalue weighted by Crippen LogP contribution is -2.24. The van der Waals surface area contributed by atoms with E-state index in [0.29, 0.717) is 33.3 Å². The molecule has 0 saturated heterocycles. The van der Waals surface area contributed by atoms with Gasteiger partial charge < -0.3 is 19.2 Å². The van der Waals surface area contributed by atoms with Crippen LogP contribution in [0.25, 0.3) is 10.9 Å². The number of thioether (sulfide) groups is 1. The van der Waals surface area contributed by atoms with Crippen molar-refractivity contribution in [3.05, 3.63) is 75.7 Å². The summed E-state index contributed by atoms with van der Waals surface area (Å²) in [6.07, 6.45) is 1.51. The van der Waals surface area contributed by atoms with Crippen LogP contribution in [-0.4, -0.2) is 28.0 Å². The van der Waals surface area contributed by atoms with Crippen LogP contribution in [0.1, 0.15) is 5.76 Å². The number of furan rings is 1. The highest BCUT2D eigenvalue weighted by atomic mass is 35.5. The van der Waals surface area contributed by atoms with Gasteiger partial charge in [0.2, 0.25) is 12.7 Å². The second kappa shape index (κ2) is 8.80. The molecule has 0 saturated carbocycles. The maximum atomic E-state index is 14.0. The van der Waals surface area contributed by atoms with Gasteiger partial charge in [0.05, 0.1) is 35.2 Å². The molecule has 1 aliphatic rings. The van der Waals surface area contributed by atoms with E-state index in [0.717, 1.165) is 17.8 Å². The molecule has 4 aromatic rings. The van der Waals surface area contributed by atoms with Gasteiger partial charge >= 0.3 is 0 Å². The van der Waals surface area contributed by atoms with E-state index < -0.39 is 11.7 Å². The molecule has 8 nitrogen and oxygen atoms in total. The van der Waals surface area contributed by atoms with Crippen molar-refractivity contribution in [2.45, 2.75) is 11.7 Å². The summed E-state index contributed by atoms with van der Waals surface area (Å²) in [5.41, 5.74) is 0.102. The van der Waals surface area contributed by atoms with Crippen molar-refractivity contribution >= 4 is 45.9 Å².